The van der Waals surface area contributed by atoms with Crippen LogP contribution in [0.4, 0.5) is 0 Å². The highest BCUT2D eigenvalue weighted by atomic mass is 32.1. The van der Waals surface area contributed by atoms with E-state index < -0.39 is 24.1 Å². The second-order valence-electron chi connectivity index (χ2n) is 1.07. The van der Waals surface area contributed by atoms with Gasteiger partial charge in [0.15, 0.2) is 0 Å². The summed E-state index contributed by atoms with van der Waals surface area (Å²) >= 11 is 3.28. The summed E-state index contributed by atoms with van der Waals surface area (Å²) in [5.41, 5.74) is 2.34. The number of hydrogen-bond donors (Lipinski definition) is 3. The summed E-state index contributed by atoms with van der Waals surface area (Å²) in [5.74, 6) is -1.60. The number of rotatable bonds is 3. The summed E-state index contributed by atoms with van der Waals surface area (Å²) < 4.78 is 27.8. The van der Waals surface area contributed by atoms with Crippen LogP contribution in [0.5, 0.6) is 0 Å². The first-order valence-corrected chi connectivity index (χ1v) is 2.26. The molecule has 0 bridgehead atoms. The molecule has 0 aromatic carbocycles. The van der Waals surface area contributed by atoms with Gasteiger partial charge >= 0.3 is 5.97 Å². The number of hydrogen-bond acceptors (Lipinski definition) is 3. The van der Waals surface area contributed by atoms with Crippen LogP contribution in [0.25, 0.3) is 0 Å². The number of nitrogens with two attached hydrogens (primary N) is 1. The van der Waals surface area contributed by atoms with Gasteiger partial charge in [-0.2, -0.15) is 12.6 Å². The van der Waals surface area contributed by atoms with Crippen LogP contribution in [0.15, 0.2) is 0 Å². The van der Waals surface area contributed by atoms with Gasteiger partial charge in [-0.1, -0.05) is 0 Å². The molecule has 0 amide bonds. The minimum absolute atomic E-state index is 1.60. The van der Waals surface area contributed by atoms with Crippen LogP contribution >= 0.6 is 12.6 Å². The molecule has 1 unspecified atom stereocenters. The van der Waals surface area contributed by atoms with E-state index >= 15 is 0 Å². The summed E-state index contributed by atoms with van der Waals surface area (Å²) in [6, 6.07) is -1.93. The lowest BCUT2D eigenvalue weighted by Gasteiger charge is -2.00. The van der Waals surface area contributed by atoms with Gasteiger partial charge in [-0.25, -0.2) is 0 Å². The molecule has 3 nitrogen and oxygen atoms in total. The highest BCUT2D eigenvalue weighted by Crippen LogP contribution is 1.88. The molecule has 0 aliphatic carbocycles. The summed E-state index contributed by atoms with van der Waals surface area (Å²) in [5, 5.41) is 8.32. The maximum atomic E-state index is 10.2. The Balaban J connectivity index is 4.73. The predicted molar refractivity (Wildman–Crippen MR) is 34.1 cm³/mol. The van der Waals surface area contributed by atoms with Crippen LogP contribution in [0, 0.1) is 0 Å². The highest BCUT2D eigenvalue weighted by Gasteiger charge is 2.08. The zero-order chi connectivity index (χ0) is 10.2. The molecule has 8 heavy (non-hydrogen) atoms. The quantitative estimate of drug-likeness (QED) is 0.471. The maximum Gasteiger partial charge on any atom is 0.320 e. The fourth-order valence-corrected chi connectivity index (χ4v) is 0.270. The second kappa shape index (κ2) is 3.74. The molecule has 0 saturated carbocycles. The van der Waals surface area contributed by atoms with E-state index in [1.165, 1.54) is 0 Å². The average Bonchev–Trinajstić information content (AvgIpc) is 1.83. The fourth-order valence-electron chi connectivity index (χ4n) is 0.131. The van der Waals surface area contributed by atoms with Crippen molar-refractivity contribution >= 4 is 18.6 Å². The standard InChI is InChI=1S/C4H9NO2S/c5-3(1-2-8)4(6)7/h3,8H,1-2,5H2,(H,6,7)/i1D2,2D2. The SMILES string of the molecule is [2H]C([2H])(S)C([2H])([2H])C(N)C(=O)O. The van der Waals surface area contributed by atoms with Crippen LogP contribution in [0.3, 0.4) is 0 Å². The van der Waals surface area contributed by atoms with Gasteiger partial charge in [-0.15, -0.1) is 0 Å². The number of carboxylic acid groups (broad SMARTS) is 1. The minimum atomic E-state index is -2.71. The average molecular weight is 139 g/mol. The van der Waals surface area contributed by atoms with Crippen molar-refractivity contribution in [3.05, 3.63) is 0 Å². The Kier molecular flexibility index (Phi) is 1.44. The third kappa shape index (κ3) is 2.87. The summed E-state index contributed by atoms with van der Waals surface area (Å²) in [7, 11) is 0. The van der Waals surface area contributed by atoms with Crippen LogP contribution < -0.4 is 5.73 Å². The number of aliphatic carboxylic acids is 1. The zero-order valence-corrected chi connectivity index (χ0v) is 4.85. The van der Waals surface area contributed by atoms with Crippen molar-refractivity contribution in [2.75, 3.05) is 5.70 Å². The fraction of sp³-hybridized carbons (Fsp3) is 0.750. The number of carboxylic acids is 1. The Bertz CT molecular complexity index is 192. The molecular formula is C4H9NO2S. The topological polar surface area (TPSA) is 63.3 Å². The molecule has 0 spiro atoms. The molecule has 0 fully saturated rings. The monoisotopic (exact) mass is 139 g/mol. The third-order valence-electron chi connectivity index (χ3n) is 0.486. The highest BCUT2D eigenvalue weighted by molar-refractivity contribution is 7.80. The van der Waals surface area contributed by atoms with E-state index in [0.29, 0.717) is 0 Å². The molecule has 0 aromatic rings. The third-order valence-corrected chi connectivity index (χ3v) is 0.615. The van der Waals surface area contributed by atoms with Crippen LogP contribution in [0.2, 0.25) is 0 Å². The Labute approximate surface area is 58.9 Å². The molecule has 1 atom stereocenters. The lowest BCUT2D eigenvalue weighted by Crippen LogP contribution is -2.30. The van der Waals surface area contributed by atoms with Crippen molar-refractivity contribution in [3.8, 4) is 0 Å². The van der Waals surface area contributed by atoms with Gasteiger partial charge in [0, 0.05) is 5.48 Å². The summed E-state index contributed by atoms with van der Waals surface area (Å²) in [6.07, 6.45) is -2.71. The van der Waals surface area contributed by atoms with Gasteiger partial charge in [-0.05, 0) is 12.1 Å². The van der Waals surface area contributed by atoms with Crippen LogP contribution in [0.1, 0.15) is 11.9 Å². The van der Waals surface area contributed by atoms with Crippen molar-refractivity contribution in [2.45, 2.75) is 12.4 Å². The molecule has 0 heterocycles. The summed E-state index contributed by atoms with van der Waals surface area (Å²) in [6.45, 7) is 0. The zero-order valence-electron chi connectivity index (χ0n) is 7.96. The molecular weight excluding hydrogens is 126 g/mol. The van der Waals surface area contributed by atoms with Gasteiger partial charge in [-0.3, -0.25) is 4.79 Å². The van der Waals surface area contributed by atoms with E-state index in [0.717, 1.165) is 0 Å². The molecule has 48 valence electrons. The van der Waals surface area contributed by atoms with Crippen molar-refractivity contribution in [1.29, 1.82) is 0 Å². The molecule has 0 radical (unpaired) electrons. The summed E-state index contributed by atoms with van der Waals surface area (Å²) in [4.78, 5) is 10.2. The normalized spacial score (nSPS) is 24.2. The molecule has 0 saturated heterocycles. The van der Waals surface area contributed by atoms with E-state index in [1.54, 1.807) is 0 Å². The Morgan fingerprint density at radius 1 is 2.12 bits per heavy atom. The second-order valence-corrected chi connectivity index (χ2v) is 1.30. The van der Waals surface area contributed by atoms with E-state index in [2.05, 4.69) is 12.6 Å². The minimum Gasteiger partial charge on any atom is -0.480 e. The Morgan fingerprint density at radius 3 is 2.75 bits per heavy atom. The van der Waals surface area contributed by atoms with Crippen molar-refractivity contribution in [1.82, 2.24) is 0 Å². The van der Waals surface area contributed by atoms with E-state index in [4.69, 9.17) is 16.3 Å². The van der Waals surface area contributed by atoms with Crippen molar-refractivity contribution in [2.24, 2.45) is 5.73 Å². The number of thiol groups is 1. The largest absolute Gasteiger partial charge is 0.480 e. The van der Waals surface area contributed by atoms with Crippen molar-refractivity contribution < 1.29 is 15.4 Å². The lowest BCUT2D eigenvalue weighted by molar-refractivity contribution is -0.138. The van der Waals surface area contributed by atoms with E-state index in [-0.39, 0.29) is 0 Å². The molecule has 0 aliphatic rings. The number of carbonyl (C=O) groups is 1. The Morgan fingerprint density at radius 2 is 2.62 bits per heavy atom. The Hall–Kier alpha value is -0.220. The van der Waals surface area contributed by atoms with Crippen molar-refractivity contribution in [3.63, 3.8) is 0 Å². The van der Waals surface area contributed by atoms with Crippen LogP contribution in [-0.2, 0) is 4.79 Å². The predicted octanol–water partition coefficient (Wildman–Crippen LogP) is -0.282. The molecule has 0 aromatic heterocycles. The molecule has 0 aliphatic heterocycles. The lowest BCUT2D eigenvalue weighted by atomic mass is 10.2. The maximum absolute atomic E-state index is 10.2. The van der Waals surface area contributed by atoms with Gasteiger partial charge in [0.2, 0.25) is 0 Å². The smallest absolute Gasteiger partial charge is 0.320 e. The van der Waals surface area contributed by atoms with E-state index in [9.17, 15) is 4.79 Å². The van der Waals surface area contributed by atoms with E-state index in [1.807, 2.05) is 0 Å². The first-order chi connectivity index (χ1) is 5.10. The molecule has 4 heteroatoms. The van der Waals surface area contributed by atoms with Gasteiger partial charge in [0.1, 0.15) is 6.04 Å². The van der Waals surface area contributed by atoms with Gasteiger partial charge < -0.3 is 10.8 Å². The van der Waals surface area contributed by atoms with Gasteiger partial charge in [0.05, 0.1) is 0 Å². The van der Waals surface area contributed by atoms with Crippen LogP contribution in [-0.4, -0.2) is 22.8 Å². The molecule has 0 rings (SSSR count). The van der Waals surface area contributed by atoms with Gasteiger partial charge in [0.25, 0.3) is 0 Å². The first-order valence-electron chi connectivity index (χ1n) is 3.81. The molecule has 3 N–H and O–H groups in total. The first kappa shape index (κ1) is 3.08.